The summed E-state index contributed by atoms with van der Waals surface area (Å²) < 4.78 is 5.51. The molecule has 7 nitrogen and oxygen atoms in total. The van der Waals surface area contributed by atoms with Crippen LogP contribution in [0, 0.1) is 0 Å². The van der Waals surface area contributed by atoms with Gasteiger partial charge in [0.05, 0.1) is 17.4 Å². The Bertz CT molecular complexity index is 1110. The van der Waals surface area contributed by atoms with Crippen molar-refractivity contribution in [1.82, 2.24) is 4.98 Å². The molecular formula is C24H24N4O3S. The van der Waals surface area contributed by atoms with Crippen LogP contribution in [0.4, 0.5) is 10.8 Å². The van der Waals surface area contributed by atoms with Gasteiger partial charge in [0.25, 0.3) is 0 Å². The zero-order valence-corrected chi connectivity index (χ0v) is 18.8. The zero-order valence-electron chi connectivity index (χ0n) is 18.0. The highest BCUT2D eigenvalue weighted by Gasteiger charge is 2.33. The number of carbonyl (C=O) groups is 2. The molecule has 164 valence electrons. The maximum Gasteiger partial charge on any atom is 0.354 e. The lowest BCUT2D eigenvalue weighted by molar-refractivity contribution is -0.137. The molecule has 0 saturated carbocycles. The lowest BCUT2D eigenvalue weighted by atomic mass is 10.0. The Morgan fingerprint density at radius 3 is 2.47 bits per heavy atom. The Kier molecular flexibility index (Phi) is 6.61. The van der Waals surface area contributed by atoms with Gasteiger partial charge in [0.2, 0.25) is 5.91 Å². The largest absolute Gasteiger partial charge is 0.455 e. The Labute approximate surface area is 191 Å². The molecule has 1 aliphatic heterocycles. The van der Waals surface area contributed by atoms with Crippen molar-refractivity contribution in [2.24, 2.45) is 5.10 Å². The quantitative estimate of drug-likeness (QED) is 0.495. The van der Waals surface area contributed by atoms with Crippen LogP contribution < -0.4 is 9.91 Å². The maximum absolute atomic E-state index is 12.8. The van der Waals surface area contributed by atoms with Crippen LogP contribution in [0.5, 0.6) is 0 Å². The molecule has 1 amide bonds. The van der Waals surface area contributed by atoms with Crippen LogP contribution in [0.3, 0.4) is 0 Å². The normalized spacial score (nSPS) is 15.4. The second-order valence-electron chi connectivity index (χ2n) is 7.32. The summed E-state index contributed by atoms with van der Waals surface area (Å²) >= 11 is 1.35. The molecule has 32 heavy (non-hydrogen) atoms. The minimum absolute atomic E-state index is 0.0329. The summed E-state index contributed by atoms with van der Waals surface area (Å²) in [6.07, 6.45) is 0.452. The summed E-state index contributed by atoms with van der Waals surface area (Å²) in [5.41, 5.74) is 2.97. The molecular weight excluding hydrogens is 424 g/mol. The second-order valence-corrected chi connectivity index (χ2v) is 8.15. The van der Waals surface area contributed by atoms with Gasteiger partial charge in [-0.3, -0.25) is 14.7 Å². The van der Waals surface area contributed by atoms with Crippen LogP contribution in [0.25, 0.3) is 0 Å². The van der Waals surface area contributed by atoms with Crippen molar-refractivity contribution in [1.29, 1.82) is 0 Å². The van der Waals surface area contributed by atoms with Crippen molar-refractivity contribution < 1.29 is 14.3 Å². The number of thiazole rings is 1. The monoisotopic (exact) mass is 448 g/mol. The number of ether oxygens (including phenoxy) is 1. The molecule has 1 aromatic heterocycles. The Morgan fingerprint density at radius 1 is 1.12 bits per heavy atom. The first kappa shape index (κ1) is 21.7. The molecule has 2 aromatic carbocycles. The fourth-order valence-corrected chi connectivity index (χ4v) is 4.51. The number of aromatic nitrogens is 1. The molecule has 8 heteroatoms. The number of rotatable bonds is 7. The number of para-hydroxylation sites is 1. The Balaban J connectivity index is 1.48. The van der Waals surface area contributed by atoms with Crippen LogP contribution in [0.1, 0.15) is 37.6 Å². The number of hydrogen-bond donors (Lipinski definition) is 0. The van der Waals surface area contributed by atoms with Crippen molar-refractivity contribution in [3.63, 3.8) is 0 Å². The maximum atomic E-state index is 12.8. The lowest BCUT2D eigenvalue weighted by Crippen LogP contribution is -2.27. The van der Waals surface area contributed by atoms with Gasteiger partial charge >= 0.3 is 5.97 Å². The van der Waals surface area contributed by atoms with Crippen molar-refractivity contribution >= 4 is 39.7 Å². The van der Waals surface area contributed by atoms with Gasteiger partial charge in [0.15, 0.2) is 5.13 Å². The summed E-state index contributed by atoms with van der Waals surface area (Å²) in [5, 5.41) is 8.88. The fourth-order valence-electron chi connectivity index (χ4n) is 3.59. The molecule has 0 radical (unpaired) electrons. The van der Waals surface area contributed by atoms with Crippen molar-refractivity contribution in [3.05, 3.63) is 77.3 Å². The number of esters is 1. The van der Waals surface area contributed by atoms with Crippen molar-refractivity contribution in [2.45, 2.75) is 32.9 Å². The minimum Gasteiger partial charge on any atom is -0.455 e. The van der Waals surface area contributed by atoms with E-state index in [-0.39, 0.29) is 18.6 Å². The van der Waals surface area contributed by atoms with E-state index in [0.29, 0.717) is 29.5 Å². The predicted octanol–water partition coefficient (Wildman–Crippen LogP) is 4.57. The van der Waals surface area contributed by atoms with Crippen LogP contribution in [-0.2, 0) is 20.9 Å². The van der Waals surface area contributed by atoms with Crippen LogP contribution in [0.15, 0.2) is 71.1 Å². The number of carbonyl (C=O) groups excluding carboxylic acids is 2. The molecule has 0 aliphatic carbocycles. The van der Waals surface area contributed by atoms with E-state index in [1.54, 1.807) is 10.3 Å². The van der Waals surface area contributed by atoms with Crippen molar-refractivity contribution in [2.75, 3.05) is 16.5 Å². The topological polar surface area (TPSA) is 75.1 Å². The molecule has 1 atom stereocenters. The first-order valence-corrected chi connectivity index (χ1v) is 11.3. The molecule has 0 N–H and O–H groups in total. The third-order valence-electron chi connectivity index (χ3n) is 5.17. The first-order chi connectivity index (χ1) is 15.6. The van der Waals surface area contributed by atoms with E-state index in [9.17, 15) is 9.59 Å². The average Bonchev–Trinajstić information content (AvgIpc) is 3.47. The second kappa shape index (κ2) is 9.74. The Hall–Kier alpha value is -3.52. The molecule has 1 unspecified atom stereocenters. The van der Waals surface area contributed by atoms with Crippen LogP contribution in [0.2, 0.25) is 0 Å². The highest BCUT2D eigenvalue weighted by molar-refractivity contribution is 7.14. The summed E-state index contributed by atoms with van der Waals surface area (Å²) in [7, 11) is 0. The van der Waals surface area contributed by atoms with E-state index in [4.69, 9.17) is 4.74 Å². The number of benzene rings is 2. The van der Waals surface area contributed by atoms with Crippen LogP contribution in [-0.4, -0.2) is 29.1 Å². The number of amides is 1. The number of hydrogen-bond acceptors (Lipinski definition) is 7. The van der Waals surface area contributed by atoms with Crippen molar-refractivity contribution in [3.8, 4) is 0 Å². The third-order valence-corrected chi connectivity index (χ3v) is 6.08. The minimum atomic E-state index is -0.460. The SMILES string of the molecule is CCN(C(C)=O)c1nc(COC(=O)C2=NN(c3ccccc3)C(c3ccccc3)C2)cs1. The molecule has 1 aliphatic rings. The summed E-state index contributed by atoms with van der Waals surface area (Å²) in [4.78, 5) is 30.5. The van der Waals surface area contributed by atoms with Gasteiger partial charge in [-0.15, -0.1) is 11.3 Å². The number of hydrazone groups is 1. The van der Waals surface area contributed by atoms with E-state index >= 15 is 0 Å². The fraction of sp³-hybridized carbons (Fsp3) is 0.250. The van der Waals surface area contributed by atoms with Gasteiger partial charge in [-0.1, -0.05) is 48.5 Å². The highest BCUT2D eigenvalue weighted by atomic mass is 32.1. The molecule has 3 aromatic rings. The smallest absolute Gasteiger partial charge is 0.354 e. The highest BCUT2D eigenvalue weighted by Crippen LogP contribution is 2.35. The molecule has 0 bridgehead atoms. The molecule has 0 fully saturated rings. The summed E-state index contributed by atoms with van der Waals surface area (Å²) in [5.74, 6) is -0.531. The van der Waals surface area contributed by atoms with Crippen LogP contribution >= 0.6 is 11.3 Å². The van der Waals surface area contributed by atoms with E-state index < -0.39 is 5.97 Å². The number of anilines is 2. The predicted molar refractivity (Wildman–Crippen MR) is 126 cm³/mol. The first-order valence-electron chi connectivity index (χ1n) is 10.4. The van der Waals surface area contributed by atoms with E-state index in [0.717, 1.165) is 11.3 Å². The van der Waals surface area contributed by atoms with Gasteiger partial charge in [0, 0.05) is 25.3 Å². The Morgan fingerprint density at radius 2 is 1.81 bits per heavy atom. The molecule has 0 spiro atoms. The van der Waals surface area contributed by atoms with E-state index in [1.165, 1.54) is 18.3 Å². The van der Waals surface area contributed by atoms with Gasteiger partial charge in [-0.05, 0) is 24.6 Å². The number of nitrogens with zero attached hydrogens (tertiary/aromatic N) is 4. The van der Waals surface area contributed by atoms with Gasteiger partial charge < -0.3 is 4.74 Å². The van der Waals surface area contributed by atoms with Gasteiger partial charge in [0.1, 0.15) is 12.3 Å². The van der Waals surface area contributed by atoms with E-state index in [2.05, 4.69) is 10.1 Å². The van der Waals surface area contributed by atoms with E-state index in [1.807, 2.05) is 72.6 Å². The summed E-state index contributed by atoms with van der Waals surface area (Å²) in [6.45, 7) is 3.97. The molecule has 0 saturated heterocycles. The zero-order chi connectivity index (χ0) is 22.5. The standard InChI is InChI=1S/C24H24N4O3S/c1-3-27(17(2)29)24-25-19(16-32-24)15-31-23(30)21-14-22(18-10-6-4-7-11-18)28(26-21)20-12-8-5-9-13-20/h4-13,16,22H,3,14-15H2,1-2H3. The summed E-state index contributed by atoms with van der Waals surface area (Å²) in [6, 6.07) is 19.7. The molecule has 2 heterocycles. The third kappa shape index (κ3) is 4.70. The average molecular weight is 449 g/mol. The molecule has 4 rings (SSSR count). The van der Waals surface area contributed by atoms with Gasteiger partial charge in [-0.2, -0.15) is 5.10 Å². The van der Waals surface area contributed by atoms with Gasteiger partial charge in [-0.25, -0.2) is 9.78 Å². The lowest BCUT2D eigenvalue weighted by Gasteiger charge is -2.23.